The Hall–Kier alpha value is -3.74. The number of hydrogen-bond donors (Lipinski definition) is 1. The zero-order valence-electron chi connectivity index (χ0n) is 22.1. The molecule has 0 spiro atoms. The number of halogens is 1. The number of nitrogens with zero attached hydrogens (tertiary/aromatic N) is 3. The lowest BCUT2D eigenvalue weighted by Gasteiger charge is -2.33. The molecule has 0 aliphatic heterocycles. The summed E-state index contributed by atoms with van der Waals surface area (Å²) in [4.78, 5) is 38.6. The summed E-state index contributed by atoms with van der Waals surface area (Å²) in [6.45, 7) is 0.399. The molecule has 0 radical (unpaired) electrons. The topological polar surface area (TPSA) is 139 Å². The predicted octanol–water partition coefficient (Wildman–Crippen LogP) is 3.37. The molecule has 13 heteroatoms. The van der Waals surface area contributed by atoms with Crippen molar-refractivity contribution in [3.05, 3.63) is 64.0 Å². The van der Waals surface area contributed by atoms with Crippen molar-refractivity contribution in [1.82, 2.24) is 10.2 Å². The van der Waals surface area contributed by atoms with E-state index in [9.17, 15) is 32.5 Å². The van der Waals surface area contributed by atoms with Crippen LogP contribution < -0.4 is 14.4 Å². The van der Waals surface area contributed by atoms with Gasteiger partial charge in [0.25, 0.3) is 5.69 Å². The van der Waals surface area contributed by atoms with E-state index < -0.39 is 50.9 Å². The van der Waals surface area contributed by atoms with Gasteiger partial charge in [-0.15, -0.1) is 0 Å². The van der Waals surface area contributed by atoms with Crippen LogP contribution in [0.25, 0.3) is 0 Å². The molecule has 1 aliphatic rings. The predicted molar refractivity (Wildman–Crippen MR) is 143 cm³/mol. The normalized spacial score (nSPS) is 14.8. The second-order valence-corrected chi connectivity index (χ2v) is 11.4. The Kier molecular flexibility index (Phi) is 9.84. The number of anilines is 1. The fraction of sp³-hybridized carbons (Fsp3) is 0.462. The van der Waals surface area contributed by atoms with Gasteiger partial charge < -0.3 is 15.0 Å². The highest BCUT2D eigenvalue weighted by molar-refractivity contribution is 7.92. The molecule has 1 N–H and O–H groups in total. The fourth-order valence-electron chi connectivity index (χ4n) is 4.54. The van der Waals surface area contributed by atoms with Crippen molar-refractivity contribution in [3.63, 3.8) is 0 Å². The molecule has 3 rings (SSSR count). The average molecular weight is 565 g/mol. The Morgan fingerprint density at radius 2 is 1.85 bits per heavy atom. The molecule has 2 aromatic carbocycles. The number of ether oxygens (including phenoxy) is 1. The molecule has 1 aliphatic carbocycles. The summed E-state index contributed by atoms with van der Waals surface area (Å²) in [5.41, 5.74) is -0.481. The maximum Gasteiger partial charge on any atom is 0.271 e. The highest BCUT2D eigenvalue weighted by Crippen LogP contribution is 2.34. The van der Waals surface area contributed by atoms with E-state index in [0.717, 1.165) is 55.4 Å². The van der Waals surface area contributed by atoms with Gasteiger partial charge in [-0.1, -0.05) is 37.5 Å². The summed E-state index contributed by atoms with van der Waals surface area (Å²) in [6.07, 6.45) is 5.51. The molecule has 2 amide bonds. The van der Waals surface area contributed by atoms with Gasteiger partial charge in [-0.3, -0.25) is 24.0 Å². The zero-order chi connectivity index (χ0) is 28.7. The molecule has 0 saturated heterocycles. The van der Waals surface area contributed by atoms with E-state index in [1.165, 1.54) is 38.3 Å². The average Bonchev–Trinajstić information content (AvgIpc) is 2.90. The second-order valence-electron chi connectivity index (χ2n) is 9.52. The van der Waals surface area contributed by atoms with E-state index in [2.05, 4.69) is 5.32 Å². The first-order chi connectivity index (χ1) is 18.4. The molecule has 1 fully saturated rings. The van der Waals surface area contributed by atoms with Gasteiger partial charge in [-0.2, -0.15) is 0 Å². The maximum atomic E-state index is 14.6. The Morgan fingerprint density at radius 3 is 2.44 bits per heavy atom. The molecule has 0 bridgehead atoms. The van der Waals surface area contributed by atoms with Crippen molar-refractivity contribution in [2.24, 2.45) is 0 Å². The number of rotatable bonds is 11. The number of benzene rings is 2. The third-order valence-corrected chi connectivity index (χ3v) is 7.86. The van der Waals surface area contributed by atoms with Gasteiger partial charge in [0.2, 0.25) is 21.8 Å². The van der Waals surface area contributed by atoms with Gasteiger partial charge in [-0.25, -0.2) is 12.8 Å². The Balaban J connectivity index is 1.97. The van der Waals surface area contributed by atoms with Crippen LogP contribution in [0.15, 0.2) is 42.5 Å². The van der Waals surface area contributed by atoms with Crippen LogP contribution in [-0.4, -0.2) is 62.0 Å². The van der Waals surface area contributed by atoms with Gasteiger partial charge in [0.1, 0.15) is 29.8 Å². The number of non-ortho nitro benzene ring substituents is 1. The summed E-state index contributed by atoms with van der Waals surface area (Å²) in [6, 6.07) is 8.04. The first-order valence-electron chi connectivity index (χ1n) is 12.6. The van der Waals surface area contributed by atoms with Crippen molar-refractivity contribution >= 4 is 33.2 Å². The minimum absolute atomic E-state index is 0.0115. The molecule has 11 nitrogen and oxygen atoms in total. The highest BCUT2D eigenvalue weighted by Gasteiger charge is 2.33. The van der Waals surface area contributed by atoms with Crippen LogP contribution >= 0.6 is 0 Å². The van der Waals surface area contributed by atoms with E-state index in [1.807, 2.05) is 0 Å². The van der Waals surface area contributed by atoms with Gasteiger partial charge in [0, 0.05) is 30.3 Å². The van der Waals surface area contributed by atoms with Crippen LogP contribution in [0.4, 0.5) is 15.8 Å². The Bertz CT molecular complexity index is 1320. The lowest BCUT2D eigenvalue weighted by atomic mass is 9.95. The molecule has 0 aromatic heterocycles. The number of sulfonamides is 1. The van der Waals surface area contributed by atoms with Crippen LogP contribution in [0.2, 0.25) is 0 Å². The van der Waals surface area contributed by atoms with Gasteiger partial charge >= 0.3 is 0 Å². The van der Waals surface area contributed by atoms with Crippen molar-refractivity contribution in [2.45, 2.75) is 57.7 Å². The lowest BCUT2D eigenvalue weighted by Crippen LogP contribution is -2.53. The quantitative estimate of drug-likeness (QED) is 0.326. The van der Waals surface area contributed by atoms with Crippen molar-refractivity contribution in [2.75, 3.05) is 24.2 Å². The fourth-order valence-corrected chi connectivity index (χ4v) is 5.39. The molecular formula is C26H33FN4O7S. The third kappa shape index (κ3) is 7.65. The number of carbonyl (C=O) groups is 2. The SMILES string of the molecule is COc1ccc([N+](=O)[O-])cc1N(CC(=O)N(Cc1ccccc1F)C(C)C(=O)NC1CCCCC1)S(C)(=O)=O. The van der Waals surface area contributed by atoms with E-state index in [-0.39, 0.29) is 29.6 Å². The lowest BCUT2D eigenvalue weighted by molar-refractivity contribution is -0.384. The summed E-state index contributed by atoms with van der Waals surface area (Å²) in [5.74, 6) is -1.84. The molecule has 0 heterocycles. The number of nitrogens with one attached hydrogen (secondary N) is 1. The van der Waals surface area contributed by atoms with Crippen molar-refractivity contribution < 1.29 is 32.1 Å². The van der Waals surface area contributed by atoms with E-state index in [0.29, 0.717) is 4.31 Å². The number of nitro benzene ring substituents is 1. The molecule has 1 saturated carbocycles. The molecule has 1 atom stereocenters. The summed E-state index contributed by atoms with van der Waals surface area (Å²) < 4.78 is 46.1. The van der Waals surface area contributed by atoms with E-state index in [4.69, 9.17) is 4.74 Å². The van der Waals surface area contributed by atoms with Crippen molar-refractivity contribution in [1.29, 1.82) is 0 Å². The summed E-state index contributed by atoms with van der Waals surface area (Å²) in [7, 11) is -2.90. The summed E-state index contributed by atoms with van der Waals surface area (Å²) >= 11 is 0. The molecule has 1 unspecified atom stereocenters. The van der Waals surface area contributed by atoms with Crippen molar-refractivity contribution in [3.8, 4) is 5.75 Å². The molecule has 2 aromatic rings. The maximum absolute atomic E-state index is 14.6. The van der Waals surface area contributed by atoms with Gasteiger partial charge in [0.15, 0.2) is 0 Å². The van der Waals surface area contributed by atoms with Gasteiger partial charge in [-0.05, 0) is 31.9 Å². The number of hydrogen-bond acceptors (Lipinski definition) is 7. The zero-order valence-corrected chi connectivity index (χ0v) is 22.9. The van der Waals surface area contributed by atoms with Crippen LogP contribution in [0, 0.1) is 15.9 Å². The second kappa shape index (κ2) is 12.9. The minimum atomic E-state index is -4.16. The summed E-state index contributed by atoms with van der Waals surface area (Å²) in [5, 5.41) is 14.3. The van der Waals surface area contributed by atoms with E-state index >= 15 is 0 Å². The smallest absolute Gasteiger partial charge is 0.271 e. The monoisotopic (exact) mass is 564 g/mol. The standard InChI is InChI=1S/C26H33FN4O7S/c1-18(26(33)28-20-10-5-4-6-11-20)29(16-19-9-7-8-12-22(19)27)25(32)17-30(39(3,36)37)23-15-21(31(34)35)13-14-24(23)38-2/h7-9,12-15,18,20H,4-6,10-11,16-17H2,1-3H3,(H,28,33). The third-order valence-electron chi connectivity index (χ3n) is 6.74. The number of nitro groups is 1. The highest BCUT2D eigenvalue weighted by atomic mass is 32.2. The van der Waals surface area contributed by atoms with Crippen LogP contribution in [0.5, 0.6) is 5.75 Å². The van der Waals surface area contributed by atoms with Crippen LogP contribution in [-0.2, 0) is 26.2 Å². The first-order valence-corrected chi connectivity index (χ1v) is 14.4. The molecule has 39 heavy (non-hydrogen) atoms. The van der Waals surface area contributed by atoms with E-state index in [1.54, 1.807) is 6.07 Å². The van der Waals surface area contributed by atoms with Gasteiger partial charge in [0.05, 0.1) is 18.3 Å². The minimum Gasteiger partial charge on any atom is -0.495 e. The first kappa shape index (κ1) is 29.8. The number of methoxy groups -OCH3 is 1. The molecule has 212 valence electrons. The van der Waals surface area contributed by atoms with Crippen LogP contribution in [0.3, 0.4) is 0 Å². The largest absolute Gasteiger partial charge is 0.495 e. The number of carbonyl (C=O) groups excluding carboxylic acids is 2. The number of amides is 2. The Labute approximate surface area is 227 Å². The Morgan fingerprint density at radius 1 is 1.18 bits per heavy atom. The van der Waals surface area contributed by atoms with Crippen LogP contribution in [0.1, 0.15) is 44.6 Å². The molecular weight excluding hydrogens is 531 g/mol.